The Balaban J connectivity index is 0.00000220. The molecule has 0 spiro atoms. The Bertz CT molecular complexity index is 539. The second-order valence-corrected chi connectivity index (χ2v) is 5.38. The number of rotatable bonds is 6. The largest absolute Gasteiger partial charge is 0.338 e. The summed E-state index contributed by atoms with van der Waals surface area (Å²) in [6, 6.07) is 8.73. The van der Waals surface area contributed by atoms with E-state index >= 15 is 0 Å². The van der Waals surface area contributed by atoms with Gasteiger partial charge in [0.2, 0.25) is 5.89 Å². The number of halogens is 1. The number of aromatic nitrogens is 2. The van der Waals surface area contributed by atoms with E-state index in [1.165, 1.54) is 11.1 Å². The van der Waals surface area contributed by atoms with Gasteiger partial charge in [-0.15, -0.1) is 12.4 Å². The Hall–Kier alpha value is -1.43. The van der Waals surface area contributed by atoms with E-state index in [-0.39, 0.29) is 19.0 Å². The number of hydrogen-bond acceptors (Lipinski definition) is 5. The summed E-state index contributed by atoms with van der Waals surface area (Å²) in [5.74, 6) is 1.72. The highest BCUT2D eigenvalue weighted by Gasteiger charge is 2.08. The van der Waals surface area contributed by atoms with Gasteiger partial charge in [0.1, 0.15) is 0 Å². The zero-order chi connectivity index (χ0) is 14.5. The van der Waals surface area contributed by atoms with Crippen LogP contribution in [-0.2, 0) is 19.6 Å². The number of benzene rings is 1. The molecule has 0 bridgehead atoms. The van der Waals surface area contributed by atoms with Gasteiger partial charge in [0.05, 0.1) is 13.1 Å². The Morgan fingerprint density at radius 2 is 1.86 bits per heavy atom. The van der Waals surface area contributed by atoms with Crippen molar-refractivity contribution in [2.45, 2.75) is 39.4 Å². The molecule has 0 aliphatic carbocycles. The standard InChI is InChI=1S/C15H22N4O.ClH/c1-11(2)13-6-4-12(5-7-13)9-19(3)10-14-17-15(8-16)20-18-14;/h4-7,11H,8-10,16H2,1-3H3;1H. The fourth-order valence-corrected chi connectivity index (χ4v) is 2.05. The van der Waals surface area contributed by atoms with E-state index in [4.69, 9.17) is 10.3 Å². The number of hydrogen-bond donors (Lipinski definition) is 1. The molecule has 2 N–H and O–H groups in total. The first kappa shape index (κ1) is 17.6. The lowest BCUT2D eigenvalue weighted by molar-refractivity contribution is 0.299. The van der Waals surface area contributed by atoms with Crippen LogP contribution < -0.4 is 5.73 Å². The van der Waals surface area contributed by atoms with Gasteiger partial charge >= 0.3 is 0 Å². The molecule has 2 rings (SSSR count). The Kier molecular flexibility index (Phi) is 6.81. The molecule has 0 saturated carbocycles. The molecule has 2 aromatic rings. The maximum Gasteiger partial charge on any atom is 0.240 e. The highest BCUT2D eigenvalue weighted by Crippen LogP contribution is 2.15. The van der Waals surface area contributed by atoms with Gasteiger partial charge in [-0.05, 0) is 24.1 Å². The van der Waals surface area contributed by atoms with E-state index in [0.29, 0.717) is 24.2 Å². The zero-order valence-corrected chi connectivity index (χ0v) is 13.6. The fraction of sp³-hybridized carbons (Fsp3) is 0.467. The summed E-state index contributed by atoms with van der Waals surface area (Å²) in [4.78, 5) is 6.35. The molecule has 0 atom stereocenters. The minimum Gasteiger partial charge on any atom is -0.338 e. The van der Waals surface area contributed by atoms with Crippen LogP contribution in [0.2, 0.25) is 0 Å². The molecule has 1 heterocycles. The van der Waals surface area contributed by atoms with Crippen LogP contribution in [0.4, 0.5) is 0 Å². The summed E-state index contributed by atoms with van der Waals surface area (Å²) >= 11 is 0. The van der Waals surface area contributed by atoms with Crippen LogP contribution in [0.1, 0.15) is 42.6 Å². The fourth-order valence-electron chi connectivity index (χ4n) is 2.05. The monoisotopic (exact) mass is 310 g/mol. The van der Waals surface area contributed by atoms with Crippen LogP contribution in [0.25, 0.3) is 0 Å². The van der Waals surface area contributed by atoms with E-state index < -0.39 is 0 Å². The number of nitrogens with zero attached hydrogens (tertiary/aromatic N) is 3. The van der Waals surface area contributed by atoms with E-state index in [0.717, 1.165) is 6.54 Å². The van der Waals surface area contributed by atoms with Gasteiger partial charge in [-0.1, -0.05) is 43.3 Å². The first-order valence-electron chi connectivity index (χ1n) is 6.87. The average molecular weight is 311 g/mol. The van der Waals surface area contributed by atoms with Gasteiger partial charge in [-0.25, -0.2) is 0 Å². The van der Waals surface area contributed by atoms with Crippen molar-refractivity contribution in [3.8, 4) is 0 Å². The summed E-state index contributed by atoms with van der Waals surface area (Å²) in [5, 5.41) is 3.90. The summed E-state index contributed by atoms with van der Waals surface area (Å²) in [5.41, 5.74) is 8.09. The molecule has 1 aromatic heterocycles. The van der Waals surface area contributed by atoms with Crippen LogP contribution in [0.3, 0.4) is 0 Å². The van der Waals surface area contributed by atoms with Gasteiger partial charge < -0.3 is 10.3 Å². The third-order valence-electron chi connectivity index (χ3n) is 3.19. The van der Waals surface area contributed by atoms with Crippen LogP contribution in [0, 0.1) is 0 Å². The molecule has 116 valence electrons. The van der Waals surface area contributed by atoms with Gasteiger partial charge in [0, 0.05) is 6.54 Å². The van der Waals surface area contributed by atoms with Crippen molar-refractivity contribution in [1.82, 2.24) is 15.0 Å². The minimum absolute atomic E-state index is 0. The maximum atomic E-state index is 5.45. The first-order valence-corrected chi connectivity index (χ1v) is 6.87. The molecule has 21 heavy (non-hydrogen) atoms. The van der Waals surface area contributed by atoms with Gasteiger partial charge in [0.25, 0.3) is 0 Å². The van der Waals surface area contributed by atoms with Crippen LogP contribution in [0.15, 0.2) is 28.8 Å². The van der Waals surface area contributed by atoms with Crippen molar-refractivity contribution < 1.29 is 4.52 Å². The predicted octanol–water partition coefficient (Wildman–Crippen LogP) is 2.71. The van der Waals surface area contributed by atoms with Crippen LogP contribution in [-0.4, -0.2) is 22.1 Å². The van der Waals surface area contributed by atoms with Crippen LogP contribution >= 0.6 is 12.4 Å². The lowest BCUT2D eigenvalue weighted by Crippen LogP contribution is -2.18. The third-order valence-corrected chi connectivity index (χ3v) is 3.19. The first-order chi connectivity index (χ1) is 9.58. The maximum absolute atomic E-state index is 5.45. The van der Waals surface area contributed by atoms with Crippen molar-refractivity contribution >= 4 is 12.4 Å². The van der Waals surface area contributed by atoms with E-state index in [1.54, 1.807) is 0 Å². The summed E-state index contributed by atoms with van der Waals surface area (Å²) in [6.45, 7) is 6.19. The molecule has 0 aliphatic rings. The van der Waals surface area contributed by atoms with Gasteiger partial charge in [0.15, 0.2) is 5.82 Å². The predicted molar refractivity (Wildman–Crippen MR) is 85.1 cm³/mol. The molecule has 0 radical (unpaired) electrons. The van der Waals surface area contributed by atoms with Crippen molar-refractivity contribution in [2.24, 2.45) is 5.73 Å². The number of nitrogens with two attached hydrogens (primary N) is 1. The summed E-state index contributed by atoms with van der Waals surface area (Å²) in [7, 11) is 2.04. The van der Waals surface area contributed by atoms with Crippen molar-refractivity contribution in [3.05, 3.63) is 47.1 Å². The summed E-state index contributed by atoms with van der Waals surface area (Å²) < 4.78 is 4.99. The molecular weight excluding hydrogens is 288 g/mol. The molecule has 6 heteroatoms. The second-order valence-electron chi connectivity index (χ2n) is 5.38. The molecule has 0 unspecified atom stereocenters. The molecule has 0 aliphatic heterocycles. The van der Waals surface area contributed by atoms with Crippen molar-refractivity contribution in [2.75, 3.05) is 7.05 Å². The smallest absolute Gasteiger partial charge is 0.240 e. The Morgan fingerprint density at radius 1 is 1.19 bits per heavy atom. The summed E-state index contributed by atoms with van der Waals surface area (Å²) in [6.07, 6.45) is 0. The van der Waals surface area contributed by atoms with Gasteiger partial charge in [-0.2, -0.15) is 4.98 Å². The van der Waals surface area contributed by atoms with E-state index in [9.17, 15) is 0 Å². The Morgan fingerprint density at radius 3 is 2.38 bits per heavy atom. The van der Waals surface area contributed by atoms with E-state index in [2.05, 4.69) is 53.2 Å². The minimum atomic E-state index is 0. The van der Waals surface area contributed by atoms with Crippen molar-refractivity contribution in [1.29, 1.82) is 0 Å². The lowest BCUT2D eigenvalue weighted by atomic mass is 10.0. The SMILES string of the molecule is CC(C)c1ccc(CN(C)Cc2noc(CN)n2)cc1.Cl. The average Bonchev–Trinajstić information content (AvgIpc) is 2.86. The molecule has 5 nitrogen and oxygen atoms in total. The third kappa shape index (κ3) is 5.12. The Labute approximate surface area is 131 Å². The molecular formula is C15H23ClN4O. The highest BCUT2D eigenvalue weighted by atomic mass is 35.5. The van der Waals surface area contributed by atoms with Crippen LogP contribution in [0.5, 0.6) is 0 Å². The zero-order valence-electron chi connectivity index (χ0n) is 12.7. The molecule has 0 amide bonds. The highest BCUT2D eigenvalue weighted by molar-refractivity contribution is 5.85. The molecule has 0 fully saturated rings. The normalized spacial score (nSPS) is 11.0. The van der Waals surface area contributed by atoms with E-state index in [1.807, 2.05) is 7.05 Å². The molecule has 1 aromatic carbocycles. The molecule has 0 saturated heterocycles. The second kappa shape index (κ2) is 8.12. The lowest BCUT2D eigenvalue weighted by Gasteiger charge is -2.15. The van der Waals surface area contributed by atoms with Gasteiger partial charge in [-0.3, -0.25) is 4.90 Å². The van der Waals surface area contributed by atoms with Crippen molar-refractivity contribution in [3.63, 3.8) is 0 Å². The topological polar surface area (TPSA) is 68.2 Å². The quantitative estimate of drug-likeness (QED) is 0.888.